The topological polar surface area (TPSA) is 43.8 Å². The van der Waals surface area contributed by atoms with Crippen LogP contribution in [-0.2, 0) is 6.54 Å². The van der Waals surface area contributed by atoms with Gasteiger partial charge in [0, 0.05) is 4.88 Å². The number of hydrogen-bond acceptors (Lipinski definition) is 3. The van der Waals surface area contributed by atoms with Crippen LogP contribution in [0.25, 0.3) is 11.0 Å². The molecule has 2 N–H and O–H groups in total. The average molecular weight is 278 g/mol. The van der Waals surface area contributed by atoms with Crippen LogP contribution in [0, 0.1) is 6.92 Å². The third-order valence-corrected chi connectivity index (χ3v) is 4.09. The number of halogens is 1. The maximum Gasteiger partial charge on any atom is 0.201 e. The minimum Gasteiger partial charge on any atom is -0.369 e. The lowest BCUT2D eigenvalue weighted by Crippen LogP contribution is -2.03. The lowest BCUT2D eigenvalue weighted by atomic mass is 10.2. The lowest BCUT2D eigenvalue weighted by Gasteiger charge is -2.04. The number of rotatable bonds is 2. The molecule has 0 radical (unpaired) electrons. The lowest BCUT2D eigenvalue weighted by molar-refractivity contribution is 0.852. The summed E-state index contributed by atoms with van der Waals surface area (Å²) in [5.74, 6) is 0.542. The number of fused-ring (bicyclic) bond motifs is 1. The van der Waals surface area contributed by atoms with Crippen LogP contribution >= 0.6 is 22.9 Å². The van der Waals surface area contributed by atoms with Crippen LogP contribution in [0.15, 0.2) is 30.3 Å². The first-order valence-electron chi connectivity index (χ1n) is 5.60. The van der Waals surface area contributed by atoms with Gasteiger partial charge in [0.2, 0.25) is 5.95 Å². The van der Waals surface area contributed by atoms with Crippen LogP contribution in [0.1, 0.15) is 10.4 Å². The summed E-state index contributed by atoms with van der Waals surface area (Å²) in [7, 11) is 0. The van der Waals surface area contributed by atoms with Crippen molar-refractivity contribution in [2.75, 3.05) is 5.73 Å². The summed E-state index contributed by atoms with van der Waals surface area (Å²) in [4.78, 5) is 5.54. The van der Waals surface area contributed by atoms with E-state index in [1.54, 1.807) is 11.3 Å². The Labute approximate surface area is 114 Å². The monoisotopic (exact) mass is 277 g/mol. The molecular formula is C13H12ClN3S. The van der Waals surface area contributed by atoms with Gasteiger partial charge in [-0.25, -0.2) is 4.98 Å². The summed E-state index contributed by atoms with van der Waals surface area (Å²) in [6, 6.07) is 10.1. The first-order valence-corrected chi connectivity index (χ1v) is 6.79. The van der Waals surface area contributed by atoms with Gasteiger partial charge in [-0.2, -0.15) is 0 Å². The van der Waals surface area contributed by atoms with Gasteiger partial charge in [-0.05, 0) is 36.8 Å². The molecule has 18 heavy (non-hydrogen) atoms. The standard InChI is InChI=1S/C13H12ClN3S/c1-8-2-4-10-11(6-8)17(13(15)16-10)7-9-3-5-12(14)18-9/h2-6H,7H2,1H3,(H2,15,16). The van der Waals surface area contributed by atoms with Gasteiger partial charge < -0.3 is 10.3 Å². The highest BCUT2D eigenvalue weighted by Gasteiger charge is 2.09. The van der Waals surface area contributed by atoms with Gasteiger partial charge in [0.25, 0.3) is 0 Å². The van der Waals surface area contributed by atoms with Crippen molar-refractivity contribution in [2.45, 2.75) is 13.5 Å². The van der Waals surface area contributed by atoms with E-state index in [1.165, 1.54) is 10.4 Å². The van der Waals surface area contributed by atoms with Crippen LogP contribution in [0.4, 0.5) is 5.95 Å². The smallest absolute Gasteiger partial charge is 0.201 e. The Morgan fingerprint density at radius 2 is 2.17 bits per heavy atom. The molecule has 0 amide bonds. The van der Waals surface area contributed by atoms with Crippen molar-refractivity contribution in [1.29, 1.82) is 0 Å². The minimum atomic E-state index is 0.542. The molecule has 0 aliphatic rings. The van der Waals surface area contributed by atoms with Crippen molar-refractivity contribution in [3.05, 3.63) is 45.1 Å². The predicted molar refractivity (Wildman–Crippen MR) is 77.3 cm³/mol. The Morgan fingerprint density at radius 1 is 1.33 bits per heavy atom. The summed E-state index contributed by atoms with van der Waals surface area (Å²) in [6.45, 7) is 2.78. The van der Waals surface area contributed by atoms with Crippen molar-refractivity contribution < 1.29 is 0 Å². The van der Waals surface area contributed by atoms with Gasteiger partial charge in [0.15, 0.2) is 0 Å². The highest BCUT2D eigenvalue weighted by Crippen LogP contribution is 2.25. The molecule has 0 aliphatic carbocycles. The van der Waals surface area contributed by atoms with Crippen molar-refractivity contribution >= 4 is 39.9 Å². The molecule has 0 fully saturated rings. The van der Waals surface area contributed by atoms with Crippen molar-refractivity contribution in [2.24, 2.45) is 0 Å². The summed E-state index contributed by atoms with van der Waals surface area (Å²) < 4.78 is 2.81. The summed E-state index contributed by atoms with van der Waals surface area (Å²) in [5, 5.41) is 0. The highest BCUT2D eigenvalue weighted by atomic mass is 35.5. The van der Waals surface area contributed by atoms with E-state index in [1.807, 2.05) is 28.8 Å². The minimum absolute atomic E-state index is 0.542. The SMILES string of the molecule is Cc1ccc2nc(N)n(Cc3ccc(Cl)s3)c2c1. The third kappa shape index (κ3) is 1.98. The molecule has 2 heterocycles. The van der Waals surface area contributed by atoms with E-state index in [0.29, 0.717) is 12.5 Å². The van der Waals surface area contributed by atoms with Crippen molar-refractivity contribution in [3.63, 3.8) is 0 Å². The van der Waals surface area contributed by atoms with Gasteiger partial charge in [-0.1, -0.05) is 17.7 Å². The van der Waals surface area contributed by atoms with Gasteiger partial charge in [-0.15, -0.1) is 11.3 Å². The van der Waals surface area contributed by atoms with Crippen molar-refractivity contribution in [1.82, 2.24) is 9.55 Å². The largest absolute Gasteiger partial charge is 0.369 e. The summed E-state index contributed by atoms with van der Waals surface area (Å²) in [6.07, 6.45) is 0. The van der Waals surface area contributed by atoms with E-state index in [0.717, 1.165) is 15.4 Å². The number of anilines is 1. The first kappa shape index (κ1) is 11.6. The zero-order valence-electron chi connectivity index (χ0n) is 9.85. The number of nitrogens with two attached hydrogens (primary N) is 1. The Balaban J connectivity index is 2.10. The zero-order chi connectivity index (χ0) is 12.7. The van der Waals surface area contributed by atoms with Crippen LogP contribution in [0.5, 0.6) is 0 Å². The third-order valence-electron chi connectivity index (χ3n) is 2.88. The van der Waals surface area contributed by atoms with E-state index in [9.17, 15) is 0 Å². The second-order valence-electron chi connectivity index (χ2n) is 4.25. The van der Waals surface area contributed by atoms with E-state index in [2.05, 4.69) is 18.0 Å². The predicted octanol–water partition coefficient (Wildman–Crippen LogP) is 3.69. The molecule has 0 aliphatic heterocycles. The second-order valence-corrected chi connectivity index (χ2v) is 6.05. The van der Waals surface area contributed by atoms with Crippen molar-refractivity contribution in [3.8, 4) is 0 Å². The molecule has 0 unspecified atom stereocenters. The highest BCUT2D eigenvalue weighted by molar-refractivity contribution is 7.16. The number of nitrogens with zero attached hydrogens (tertiary/aromatic N) is 2. The van der Waals surface area contributed by atoms with Gasteiger partial charge in [-0.3, -0.25) is 0 Å². The fourth-order valence-electron chi connectivity index (χ4n) is 2.01. The molecule has 3 rings (SSSR count). The van der Waals surface area contributed by atoms with Crippen LogP contribution < -0.4 is 5.73 Å². The fourth-order valence-corrected chi connectivity index (χ4v) is 3.09. The van der Waals surface area contributed by atoms with Gasteiger partial charge in [0.05, 0.1) is 21.9 Å². The van der Waals surface area contributed by atoms with Gasteiger partial charge >= 0.3 is 0 Å². The molecule has 1 aromatic carbocycles. The normalized spacial score (nSPS) is 11.2. The van der Waals surface area contributed by atoms with E-state index < -0.39 is 0 Å². The van der Waals surface area contributed by atoms with Crippen LogP contribution in [-0.4, -0.2) is 9.55 Å². The molecule has 0 saturated carbocycles. The molecule has 2 aromatic heterocycles. The van der Waals surface area contributed by atoms with Crippen LogP contribution in [0.3, 0.4) is 0 Å². The Morgan fingerprint density at radius 3 is 2.89 bits per heavy atom. The molecule has 92 valence electrons. The summed E-state index contributed by atoms with van der Waals surface area (Å²) in [5.41, 5.74) is 9.18. The second kappa shape index (κ2) is 4.30. The Hall–Kier alpha value is -1.52. The number of aryl methyl sites for hydroxylation is 1. The number of nitrogen functional groups attached to an aromatic ring is 1. The Bertz CT molecular complexity index is 714. The van der Waals surface area contributed by atoms with E-state index >= 15 is 0 Å². The molecule has 0 atom stereocenters. The number of benzene rings is 1. The van der Waals surface area contributed by atoms with Crippen LogP contribution in [0.2, 0.25) is 4.34 Å². The maximum absolute atomic E-state index is 5.98. The molecule has 3 aromatic rings. The molecule has 0 bridgehead atoms. The quantitative estimate of drug-likeness (QED) is 0.776. The maximum atomic E-state index is 5.98. The summed E-state index contributed by atoms with van der Waals surface area (Å²) >= 11 is 7.51. The Kier molecular flexibility index (Phi) is 2.76. The molecule has 5 heteroatoms. The number of thiophene rings is 1. The molecule has 0 saturated heterocycles. The zero-order valence-corrected chi connectivity index (χ0v) is 11.4. The number of aromatic nitrogens is 2. The molecule has 3 nitrogen and oxygen atoms in total. The molecule has 0 spiro atoms. The van der Waals surface area contributed by atoms with E-state index in [4.69, 9.17) is 17.3 Å². The first-order chi connectivity index (χ1) is 8.63. The fraction of sp³-hybridized carbons (Fsp3) is 0.154. The molecular weight excluding hydrogens is 266 g/mol. The number of imidazole rings is 1. The van der Waals surface area contributed by atoms with E-state index in [-0.39, 0.29) is 0 Å². The number of hydrogen-bond donors (Lipinski definition) is 1. The average Bonchev–Trinajstić information content (AvgIpc) is 2.86. The van der Waals surface area contributed by atoms with Gasteiger partial charge in [0.1, 0.15) is 0 Å².